The fraction of sp³-hybridized carbons (Fsp3) is 0.480. The molecule has 0 unspecified atom stereocenters. The molecule has 9 heteroatoms. The lowest BCUT2D eigenvalue weighted by Gasteiger charge is -2.37. The molecule has 0 saturated heterocycles. The second kappa shape index (κ2) is 13.4. The molecule has 3 rings (SSSR count). The lowest BCUT2D eigenvalue weighted by Crippen LogP contribution is -2.48. The number of benzene rings is 1. The Hall–Kier alpha value is -2.48. The van der Waals surface area contributed by atoms with Crippen molar-refractivity contribution >= 4 is 17.2 Å². The first-order valence-corrected chi connectivity index (χ1v) is 12.0. The molecule has 0 saturated carbocycles. The average molecular weight is 491 g/mol. The highest BCUT2D eigenvalue weighted by Gasteiger charge is 2.33. The van der Waals surface area contributed by atoms with Crippen LogP contribution in [0.25, 0.3) is 0 Å². The van der Waals surface area contributed by atoms with Crippen LogP contribution in [0.2, 0.25) is 0 Å². The summed E-state index contributed by atoms with van der Waals surface area (Å²) in [5.74, 6) is 2.34. The Bertz CT molecular complexity index is 963. The van der Waals surface area contributed by atoms with Gasteiger partial charge in [0, 0.05) is 37.7 Å². The molecule has 2 heterocycles. The van der Waals surface area contributed by atoms with Gasteiger partial charge >= 0.3 is 0 Å². The standard InChI is InChI=1S/C25H31FN2O5S/c1-3-11-32-17-20(29)15-27(10-12-31-2)16-25(30)28-9-7-24-22(8-13-34-24)23(28)18-33-21-6-4-5-19(26)14-21/h1,4-6,8,13-14,20,23,29H,7,9-12,15-18H2,2H3/t20-,23-/m1/s1. The predicted molar refractivity (Wildman–Crippen MR) is 128 cm³/mol. The van der Waals surface area contributed by atoms with Gasteiger partial charge in [0.25, 0.3) is 0 Å². The predicted octanol–water partition coefficient (Wildman–Crippen LogP) is 2.35. The molecule has 0 fully saturated rings. The van der Waals surface area contributed by atoms with Crippen molar-refractivity contribution in [2.75, 3.05) is 59.7 Å². The van der Waals surface area contributed by atoms with Crippen LogP contribution in [-0.4, -0.2) is 86.6 Å². The summed E-state index contributed by atoms with van der Waals surface area (Å²) in [5, 5.41) is 12.3. The second-order valence-electron chi connectivity index (χ2n) is 8.02. The molecule has 1 amide bonds. The molecule has 1 aliphatic rings. The van der Waals surface area contributed by atoms with E-state index < -0.39 is 6.10 Å². The monoisotopic (exact) mass is 490 g/mol. The maximum absolute atomic E-state index is 13.6. The van der Waals surface area contributed by atoms with E-state index >= 15 is 0 Å². The van der Waals surface area contributed by atoms with Gasteiger partial charge < -0.3 is 24.2 Å². The number of thiophene rings is 1. The minimum absolute atomic E-state index is 0.0717. The van der Waals surface area contributed by atoms with Gasteiger partial charge in [-0.15, -0.1) is 17.8 Å². The highest BCUT2D eigenvalue weighted by atomic mass is 32.1. The highest BCUT2D eigenvalue weighted by Crippen LogP contribution is 2.34. The molecular formula is C25H31FN2O5S. The third kappa shape index (κ3) is 7.52. The van der Waals surface area contributed by atoms with Crippen molar-refractivity contribution in [2.45, 2.75) is 18.6 Å². The molecule has 7 nitrogen and oxygen atoms in total. The molecular weight excluding hydrogens is 459 g/mol. The molecule has 1 aromatic heterocycles. The zero-order valence-electron chi connectivity index (χ0n) is 19.3. The summed E-state index contributed by atoms with van der Waals surface area (Å²) in [6, 6.07) is 7.73. The molecule has 34 heavy (non-hydrogen) atoms. The third-order valence-corrected chi connectivity index (χ3v) is 6.55. The lowest BCUT2D eigenvalue weighted by atomic mass is 10.0. The second-order valence-corrected chi connectivity index (χ2v) is 9.02. The first-order valence-electron chi connectivity index (χ1n) is 11.2. The van der Waals surface area contributed by atoms with Gasteiger partial charge in [0.1, 0.15) is 24.8 Å². The van der Waals surface area contributed by atoms with E-state index in [4.69, 9.17) is 20.6 Å². The van der Waals surface area contributed by atoms with E-state index in [0.717, 1.165) is 12.0 Å². The topological polar surface area (TPSA) is 71.5 Å². The highest BCUT2D eigenvalue weighted by molar-refractivity contribution is 7.10. The molecule has 1 aliphatic heterocycles. The van der Waals surface area contributed by atoms with Crippen LogP contribution in [0.15, 0.2) is 35.7 Å². The fourth-order valence-corrected chi connectivity index (χ4v) is 4.88. The first-order chi connectivity index (χ1) is 16.5. The molecule has 1 aromatic carbocycles. The zero-order valence-corrected chi connectivity index (χ0v) is 20.1. The minimum atomic E-state index is -0.782. The van der Waals surface area contributed by atoms with Crippen molar-refractivity contribution in [3.63, 3.8) is 0 Å². The summed E-state index contributed by atoms with van der Waals surface area (Å²) < 4.78 is 29.9. The van der Waals surface area contributed by atoms with E-state index in [0.29, 0.717) is 25.4 Å². The number of halogens is 1. The number of rotatable bonds is 13. The number of terminal acetylenes is 1. The Morgan fingerprint density at radius 1 is 1.44 bits per heavy atom. The van der Waals surface area contributed by atoms with E-state index in [2.05, 4.69) is 5.92 Å². The summed E-state index contributed by atoms with van der Waals surface area (Å²) >= 11 is 1.67. The third-order valence-electron chi connectivity index (χ3n) is 5.55. The molecule has 0 aliphatic carbocycles. The van der Waals surface area contributed by atoms with Crippen molar-refractivity contribution in [2.24, 2.45) is 0 Å². The van der Waals surface area contributed by atoms with Gasteiger partial charge in [-0.25, -0.2) is 4.39 Å². The number of nitrogens with zero attached hydrogens (tertiary/aromatic N) is 2. The van der Waals surface area contributed by atoms with E-state index in [1.807, 2.05) is 21.2 Å². The van der Waals surface area contributed by atoms with Crippen LogP contribution in [-0.2, 0) is 20.7 Å². The SMILES string of the molecule is C#CCOC[C@H](O)CN(CCOC)CC(=O)N1CCc2sccc2[C@H]1COc1cccc(F)c1. The van der Waals surface area contributed by atoms with E-state index in [1.54, 1.807) is 30.6 Å². The summed E-state index contributed by atoms with van der Waals surface area (Å²) in [7, 11) is 1.59. The Labute approximate surface area is 204 Å². The van der Waals surface area contributed by atoms with Gasteiger partial charge in [0.05, 0.1) is 31.9 Å². The van der Waals surface area contributed by atoms with Crippen LogP contribution in [0.3, 0.4) is 0 Å². The number of fused-ring (bicyclic) bond motifs is 1. The number of carbonyl (C=O) groups is 1. The van der Waals surface area contributed by atoms with Gasteiger partial charge in [-0.2, -0.15) is 0 Å². The number of aliphatic hydroxyl groups is 1. The maximum atomic E-state index is 13.6. The Kier molecular flexibility index (Phi) is 10.3. The molecule has 1 N–H and O–H groups in total. The minimum Gasteiger partial charge on any atom is -0.491 e. The van der Waals surface area contributed by atoms with Gasteiger partial charge in [-0.1, -0.05) is 12.0 Å². The van der Waals surface area contributed by atoms with Crippen LogP contribution in [0, 0.1) is 18.2 Å². The first kappa shape index (κ1) is 26.1. The quantitative estimate of drug-likeness (QED) is 0.343. The van der Waals surface area contributed by atoms with E-state index in [9.17, 15) is 14.3 Å². The van der Waals surface area contributed by atoms with Crippen LogP contribution in [0.5, 0.6) is 5.75 Å². The normalized spacial score (nSPS) is 16.2. The summed E-state index contributed by atoms with van der Waals surface area (Å²) in [4.78, 5) is 18.3. The Morgan fingerprint density at radius 2 is 2.29 bits per heavy atom. The molecule has 0 radical (unpaired) electrons. The maximum Gasteiger partial charge on any atom is 0.237 e. The van der Waals surface area contributed by atoms with Gasteiger partial charge in [0.15, 0.2) is 0 Å². The zero-order chi connectivity index (χ0) is 24.3. The lowest BCUT2D eigenvalue weighted by molar-refractivity contribution is -0.136. The van der Waals surface area contributed by atoms with Gasteiger partial charge in [-0.3, -0.25) is 9.69 Å². The van der Waals surface area contributed by atoms with Gasteiger partial charge in [0.2, 0.25) is 5.91 Å². The number of hydrogen-bond donors (Lipinski definition) is 1. The molecule has 2 atom stereocenters. The summed E-state index contributed by atoms with van der Waals surface area (Å²) in [6.45, 7) is 2.27. The number of aliphatic hydroxyl groups excluding tert-OH is 1. The number of carbonyl (C=O) groups excluding carboxylic acids is 1. The Balaban J connectivity index is 1.68. The van der Waals surface area contributed by atoms with Crippen molar-refractivity contribution in [3.05, 3.63) is 52.0 Å². The van der Waals surface area contributed by atoms with Crippen LogP contribution >= 0.6 is 11.3 Å². The number of hydrogen-bond acceptors (Lipinski definition) is 7. The van der Waals surface area contributed by atoms with E-state index in [1.165, 1.54) is 17.0 Å². The number of methoxy groups -OCH3 is 1. The van der Waals surface area contributed by atoms with Crippen molar-refractivity contribution < 1.29 is 28.5 Å². The van der Waals surface area contributed by atoms with Crippen molar-refractivity contribution in [3.8, 4) is 18.1 Å². The average Bonchev–Trinajstić information content (AvgIpc) is 3.30. The smallest absolute Gasteiger partial charge is 0.237 e. The Morgan fingerprint density at radius 3 is 3.06 bits per heavy atom. The van der Waals surface area contributed by atoms with Crippen molar-refractivity contribution in [1.29, 1.82) is 0 Å². The van der Waals surface area contributed by atoms with Crippen molar-refractivity contribution in [1.82, 2.24) is 9.80 Å². The molecule has 2 aromatic rings. The van der Waals surface area contributed by atoms with E-state index in [-0.39, 0.29) is 50.7 Å². The largest absolute Gasteiger partial charge is 0.491 e. The molecule has 0 bridgehead atoms. The molecule has 0 spiro atoms. The number of ether oxygens (including phenoxy) is 3. The number of amides is 1. The summed E-state index contributed by atoms with van der Waals surface area (Å²) in [6.07, 6.45) is 5.17. The van der Waals surface area contributed by atoms with Crippen LogP contribution in [0.4, 0.5) is 4.39 Å². The van der Waals surface area contributed by atoms with Crippen LogP contribution in [0.1, 0.15) is 16.5 Å². The van der Waals surface area contributed by atoms with Crippen LogP contribution < -0.4 is 4.74 Å². The fourth-order valence-electron chi connectivity index (χ4n) is 3.95. The molecule has 184 valence electrons. The summed E-state index contributed by atoms with van der Waals surface area (Å²) in [5.41, 5.74) is 1.06. The van der Waals surface area contributed by atoms with Gasteiger partial charge in [-0.05, 0) is 35.6 Å².